The van der Waals surface area contributed by atoms with Crippen LogP contribution in [0.1, 0.15) is 6.92 Å². The number of hydrogen-bond donors (Lipinski definition) is 0. The molecule has 2 heterocycles. The summed E-state index contributed by atoms with van der Waals surface area (Å²) < 4.78 is 8.49. The number of pyridine rings is 1. The van der Waals surface area contributed by atoms with Crippen LogP contribution in [0.3, 0.4) is 0 Å². The second-order valence-electron chi connectivity index (χ2n) is 4.20. The first-order valence-corrected chi connectivity index (χ1v) is 6.93. The van der Waals surface area contributed by atoms with Gasteiger partial charge in [0, 0.05) is 22.4 Å². The lowest BCUT2D eigenvalue weighted by Crippen LogP contribution is -1.90. The van der Waals surface area contributed by atoms with E-state index in [2.05, 4.69) is 20.9 Å². The minimum absolute atomic E-state index is 0. The van der Waals surface area contributed by atoms with Crippen molar-refractivity contribution in [3.63, 3.8) is 0 Å². The van der Waals surface area contributed by atoms with Gasteiger partial charge in [-0.25, -0.2) is 4.98 Å². The van der Waals surface area contributed by atoms with E-state index in [4.69, 9.17) is 4.74 Å². The zero-order chi connectivity index (χ0) is 13.2. The number of ether oxygens (including phenoxy) is 1. The van der Waals surface area contributed by atoms with E-state index in [0.29, 0.717) is 6.61 Å². The van der Waals surface area contributed by atoms with Crippen molar-refractivity contribution in [2.45, 2.75) is 6.92 Å². The smallest absolute Gasteiger partial charge is 0.137 e. The molecule has 0 saturated carbocycles. The molecule has 0 atom stereocenters. The monoisotopic (exact) mass is 444 g/mol. The molecule has 0 N–H and O–H groups in total. The molecule has 3 rings (SSSR count). The van der Waals surface area contributed by atoms with Crippen LogP contribution in [0.5, 0.6) is 5.75 Å². The van der Waals surface area contributed by atoms with Crippen molar-refractivity contribution in [3.05, 3.63) is 53.3 Å². The Morgan fingerprint density at radius 2 is 1.85 bits per heavy atom. The van der Waals surface area contributed by atoms with Crippen LogP contribution in [0.2, 0.25) is 0 Å². The summed E-state index contributed by atoms with van der Waals surface area (Å²) in [5.41, 5.74) is 2.98. The molecule has 20 heavy (non-hydrogen) atoms. The van der Waals surface area contributed by atoms with E-state index in [1.807, 2.05) is 60.1 Å². The van der Waals surface area contributed by atoms with Gasteiger partial charge in [-0.2, -0.15) is 0 Å². The van der Waals surface area contributed by atoms with Gasteiger partial charge in [0.2, 0.25) is 0 Å². The van der Waals surface area contributed by atoms with E-state index in [-0.39, 0.29) is 24.0 Å². The van der Waals surface area contributed by atoms with E-state index in [9.17, 15) is 0 Å². The molecule has 0 aliphatic carbocycles. The maximum atomic E-state index is 5.44. The van der Waals surface area contributed by atoms with Gasteiger partial charge >= 0.3 is 0 Å². The van der Waals surface area contributed by atoms with Crippen molar-refractivity contribution in [2.24, 2.45) is 0 Å². The Bertz CT molecular complexity index is 709. The fraction of sp³-hybridized carbons (Fsp3) is 0.133. The van der Waals surface area contributed by atoms with Crippen LogP contribution in [0.15, 0.2) is 53.3 Å². The third-order valence-corrected chi connectivity index (χ3v) is 3.35. The Kier molecular flexibility index (Phi) is 5.04. The predicted molar refractivity (Wildman–Crippen MR) is 94.9 cm³/mol. The van der Waals surface area contributed by atoms with Crippen molar-refractivity contribution in [3.8, 4) is 17.0 Å². The highest BCUT2D eigenvalue weighted by molar-refractivity contribution is 14.0. The highest BCUT2D eigenvalue weighted by atomic mass is 127. The number of rotatable bonds is 3. The van der Waals surface area contributed by atoms with E-state index >= 15 is 0 Å². The highest BCUT2D eigenvalue weighted by Crippen LogP contribution is 2.23. The third kappa shape index (κ3) is 3.15. The van der Waals surface area contributed by atoms with Crippen LogP contribution in [0, 0.1) is 0 Å². The minimum Gasteiger partial charge on any atom is -0.494 e. The second-order valence-corrected chi connectivity index (χ2v) is 5.11. The lowest BCUT2D eigenvalue weighted by Gasteiger charge is -2.02. The van der Waals surface area contributed by atoms with E-state index in [1.54, 1.807) is 0 Å². The number of halogens is 2. The van der Waals surface area contributed by atoms with Crippen molar-refractivity contribution in [2.75, 3.05) is 6.61 Å². The van der Waals surface area contributed by atoms with Gasteiger partial charge in [-0.15, -0.1) is 24.0 Å². The van der Waals surface area contributed by atoms with Gasteiger partial charge in [0.15, 0.2) is 0 Å². The van der Waals surface area contributed by atoms with Crippen molar-refractivity contribution < 1.29 is 4.74 Å². The zero-order valence-electron chi connectivity index (χ0n) is 10.9. The molecular weight excluding hydrogens is 431 g/mol. The number of aromatic nitrogens is 2. The highest BCUT2D eigenvalue weighted by Gasteiger charge is 2.04. The molecule has 1 aromatic carbocycles. The topological polar surface area (TPSA) is 26.5 Å². The van der Waals surface area contributed by atoms with Crippen LogP contribution in [0.25, 0.3) is 16.9 Å². The summed E-state index contributed by atoms with van der Waals surface area (Å²) in [7, 11) is 0. The van der Waals surface area contributed by atoms with Crippen LogP contribution in [-0.2, 0) is 0 Å². The molecule has 5 heteroatoms. The molecule has 104 valence electrons. The zero-order valence-corrected chi connectivity index (χ0v) is 14.8. The summed E-state index contributed by atoms with van der Waals surface area (Å²) in [5.74, 6) is 0.887. The average Bonchev–Trinajstić information content (AvgIpc) is 2.83. The number of nitrogens with zero attached hydrogens (tertiary/aromatic N) is 2. The molecule has 0 amide bonds. The van der Waals surface area contributed by atoms with Crippen molar-refractivity contribution in [1.82, 2.24) is 9.38 Å². The molecule has 2 aromatic heterocycles. The minimum atomic E-state index is 0. The predicted octanol–water partition coefficient (Wildman–Crippen LogP) is 4.78. The van der Waals surface area contributed by atoms with E-state index in [0.717, 1.165) is 27.1 Å². The van der Waals surface area contributed by atoms with Crippen molar-refractivity contribution in [1.29, 1.82) is 0 Å². The van der Waals surface area contributed by atoms with Gasteiger partial charge in [0.25, 0.3) is 0 Å². The van der Waals surface area contributed by atoms with Crippen LogP contribution < -0.4 is 4.74 Å². The number of benzene rings is 1. The number of imidazole rings is 1. The molecule has 3 nitrogen and oxygen atoms in total. The standard InChI is InChI=1S/C15H13BrN2O.HI/c1-2-19-13-6-3-11(4-7-13)14-10-18-9-12(16)5-8-15(18)17-14;/h3-10H,2H2,1H3;1H. The molecule has 3 aromatic rings. The largest absolute Gasteiger partial charge is 0.494 e. The second kappa shape index (κ2) is 6.58. The molecular formula is C15H14BrIN2O. The number of fused-ring (bicyclic) bond motifs is 1. The molecule has 0 unspecified atom stereocenters. The Balaban J connectivity index is 0.00000147. The molecule has 0 fully saturated rings. The SMILES string of the molecule is CCOc1ccc(-c2cn3cc(Br)ccc3n2)cc1.I. The van der Waals surface area contributed by atoms with Gasteiger partial charge in [-0.1, -0.05) is 0 Å². The van der Waals surface area contributed by atoms with Crippen LogP contribution >= 0.6 is 39.9 Å². The van der Waals surface area contributed by atoms with Gasteiger partial charge in [0.05, 0.1) is 12.3 Å². The molecule has 0 aliphatic heterocycles. The van der Waals surface area contributed by atoms with Gasteiger partial charge in [-0.3, -0.25) is 0 Å². The van der Waals surface area contributed by atoms with E-state index in [1.165, 1.54) is 0 Å². The van der Waals surface area contributed by atoms with E-state index < -0.39 is 0 Å². The first-order valence-electron chi connectivity index (χ1n) is 6.14. The lowest BCUT2D eigenvalue weighted by molar-refractivity contribution is 0.340. The molecule has 0 spiro atoms. The quantitative estimate of drug-likeness (QED) is 0.543. The van der Waals surface area contributed by atoms with Crippen LogP contribution in [-0.4, -0.2) is 16.0 Å². The van der Waals surface area contributed by atoms with Gasteiger partial charge in [0.1, 0.15) is 11.4 Å². The normalized spacial score (nSPS) is 10.3. The number of hydrogen-bond acceptors (Lipinski definition) is 2. The third-order valence-electron chi connectivity index (χ3n) is 2.88. The molecule has 0 aliphatic rings. The Morgan fingerprint density at radius 3 is 2.55 bits per heavy atom. The van der Waals surface area contributed by atoms with Crippen molar-refractivity contribution >= 4 is 45.6 Å². The van der Waals surface area contributed by atoms with Crippen LogP contribution in [0.4, 0.5) is 0 Å². The van der Waals surface area contributed by atoms with Gasteiger partial charge in [-0.05, 0) is 59.3 Å². The summed E-state index contributed by atoms with van der Waals surface area (Å²) in [6.45, 7) is 2.66. The summed E-state index contributed by atoms with van der Waals surface area (Å²) in [6.07, 6.45) is 4.02. The fourth-order valence-corrected chi connectivity index (χ4v) is 2.35. The Labute approximate surface area is 143 Å². The first-order chi connectivity index (χ1) is 9.26. The first kappa shape index (κ1) is 15.3. The average molecular weight is 445 g/mol. The molecule has 0 radical (unpaired) electrons. The summed E-state index contributed by atoms with van der Waals surface area (Å²) in [6, 6.07) is 12.0. The maximum Gasteiger partial charge on any atom is 0.137 e. The molecule has 0 bridgehead atoms. The summed E-state index contributed by atoms with van der Waals surface area (Å²) >= 11 is 3.46. The summed E-state index contributed by atoms with van der Waals surface area (Å²) in [5, 5.41) is 0. The maximum absolute atomic E-state index is 5.44. The summed E-state index contributed by atoms with van der Waals surface area (Å²) in [4.78, 5) is 4.60. The Hall–Kier alpha value is -1.08. The Morgan fingerprint density at radius 1 is 1.10 bits per heavy atom. The van der Waals surface area contributed by atoms with Gasteiger partial charge < -0.3 is 9.14 Å². The lowest BCUT2D eigenvalue weighted by atomic mass is 10.2. The molecule has 0 saturated heterocycles. The fourth-order valence-electron chi connectivity index (χ4n) is 1.99.